The van der Waals surface area contributed by atoms with Gasteiger partial charge in [0.05, 0.1) is 0 Å². The van der Waals surface area contributed by atoms with Gasteiger partial charge in [-0.05, 0) is 73.7 Å². The van der Waals surface area contributed by atoms with E-state index in [1.807, 2.05) is 6.07 Å². The molecule has 1 aliphatic carbocycles. The number of thioether (sulfide) groups is 1. The zero-order valence-corrected chi connectivity index (χ0v) is 14.7. The lowest BCUT2D eigenvalue weighted by molar-refractivity contribution is -0.116. The third-order valence-electron chi connectivity index (χ3n) is 4.22. The molecule has 0 unspecified atom stereocenters. The van der Waals surface area contributed by atoms with Crippen molar-refractivity contribution < 1.29 is 13.6 Å². The second kappa shape index (κ2) is 7.87. The minimum atomic E-state index is -2.45. The number of fused-ring (bicyclic) bond motifs is 1. The number of aryl methyl sites for hydroxylation is 2. The van der Waals surface area contributed by atoms with Crippen LogP contribution in [0.15, 0.2) is 47.4 Å². The van der Waals surface area contributed by atoms with Crippen molar-refractivity contribution in [3.8, 4) is 0 Å². The van der Waals surface area contributed by atoms with Gasteiger partial charge >= 0.3 is 0 Å². The molecule has 132 valence electrons. The highest BCUT2D eigenvalue weighted by Crippen LogP contribution is 2.27. The summed E-state index contributed by atoms with van der Waals surface area (Å²) in [6, 6.07) is 12.2. The first kappa shape index (κ1) is 17.7. The number of carbonyl (C=O) groups is 1. The lowest BCUT2D eigenvalue weighted by Crippen LogP contribution is -2.31. The normalized spacial score (nSPS) is 14.2. The van der Waals surface area contributed by atoms with Crippen LogP contribution in [0, 0.1) is 0 Å². The summed E-state index contributed by atoms with van der Waals surface area (Å²) in [4.78, 5) is 12.8. The maximum absolute atomic E-state index is 12.3. The summed E-state index contributed by atoms with van der Waals surface area (Å²) >= 11 is 0.485. The van der Waals surface area contributed by atoms with Crippen LogP contribution in [0.1, 0.15) is 24.5 Å². The lowest BCUT2D eigenvalue weighted by Gasteiger charge is -2.16. The molecule has 1 atom stereocenters. The summed E-state index contributed by atoms with van der Waals surface area (Å²) in [5.41, 5.74) is 4.27. The van der Waals surface area contributed by atoms with E-state index in [0.717, 1.165) is 18.5 Å². The molecular formula is C19H20F2N2OS. The highest BCUT2D eigenvalue weighted by Gasteiger charge is 2.15. The van der Waals surface area contributed by atoms with Crippen LogP contribution >= 0.6 is 11.8 Å². The van der Waals surface area contributed by atoms with Gasteiger partial charge < -0.3 is 10.6 Å². The van der Waals surface area contributed by atoms with Gasteiger partial charge in [0.1, 0.15) is 6.04 Å². The third kappa shape index (κ3) is 4.72. The fraction of sp³-hybridized carbons (Fsp3) is 0.316. The summed E-state index contributed by atoms with van der Waals surface area (Å²) in [5.74, 6) is -2.62. The van der Waals surface area contributed by atoms with E-state index in [1.54, 1.807) is 31.2 Å². The number of hydrogen-bond acceptors (Lipinski definition) is 3. The molecule has 3 nitrogen and oxygen atoms in total. The van der Waals surface area contributed by atoms with Crippen LogP contribution in [-0.4, -0.2) is 17.7 Å². The topological polar surface area (TPSA) is 41.1 Å². The number of carbonyl (C=O) groups excluding carboxylic acids is 1. The second-order valence-corrected chi connectivity index (χ2v) is 7.16. The van der Waals surface area contributed by atoms with Gasteiger partial charge in [-0.15, -0.1) is 0 Å². The Bertz CT molecular complexity index is 750. The zero-order chi connectivity index (χ0) is 17.8. The predicted octanol–water partition coefficient (Wildman–Crippen LogP) is 4.93. The van der Waals surface area contributed by atoms with Gasteiger partial charge in [-0.3, -0.25) is 4.79 Å². The average molecular weight is 362 g/mol. The predicted molar refractivity (Wildman–Crippen MR) is 98.5 cm³/mol. The van der Waals surface area contributed by atoms with Crippen molar-refractivity contribution in [3.63, 3.8) is 0 Å². The van der Waals surface area contributed by atoms with Crippen LogP contribution in [0.3, 0.4) is 0 Å². The van der Waals surface area contributed by atoms with E-state index in [4.69, 9.17) is 0 Å². The first-order valence-corrected chi connectivity index (χ1v) is 9.13. The summed E-state index contributed by atoms with van der Waals surface area (Å²) in [6.45, 7) is 1.80. The molecule has 2 aromatic rings. The van der Waals surface area contributed by atoms with Crippen LogP contribution in [0.25, 0.3) is 0 Å². The Morgan fingerprint density at radius 1 is 1.04 bits per heavy atom. The van der Waals surface area contributed by atoms with Gasteiger partial charge in [0.15, 0.2) is 0 Å². The van der Waals surface area contributed by atoms with E-state index in [1.165, 1.54) is 17.5 Å². The molecule has 0 heterocycles. The number of nitrogens with one attached hydrogen (secondary N) is 2. The van der Waals surface area contributed by atoms with E-state index in [0.29, 0.717) is 22.3 Å². The van der Waals surface area contributed by atoms with Crippen molar-refractivity contribution in [2.45, 2.75) is 42.9 Å². The summed E-state index contributed by atoms with van der Waals surface area (Å²) in [5, 5.41) is 6.01. The second-order valence-electron chi connectivity index (χ2n) is 6.10. The minimum Gasteiger partial charge on any atom is -0.374 e. The molecule has 6 heteroatoms. The SMILES string of the molecule is C[C@H](Nc1ccc2c(c1)CCC2)C(=O)Nc1ccc(SC(F)F)cc1. The minimum absolute atomic E-state index is 0.172. The van der Waals surface area contributed by atoms with Crippen LogP contribution < -0.4 is 10.6 Å². The van der Waals surface area contributed by atoms with Gasteiger partial charge in [-0.2, -0.15) is 8.78 Å². The van der Waals surface area contributed by atoms with Crippen LogP contribution in [0.4, 0.5) is 20.2 Å². The Morgan fingerprint density at radius 3 is 2.44 bits per heavy atom. The molecule has 1 aliphatic rings. The molecule has 0 radical (unpaired) electrons. The molecule has 0 bridgehead atoms. The fourth-order valence-corrected chi connectivity index (χ4v) is 3.45. The monoisotopic (exact) mass is 362 g/mol. The summed E-state index contributed by atoms with van der Waals surface area (Å²) < 4.78 is 24.6. The standard InChI is InChI=1S/C19H20F2N2OS/c1-12(22-16-6-5-13-3-2-4-14(13)11-16)18(24)23-15-7-9-17(10-8-15)25-19(20)21/h5-12,19,22H,2-4H2,1H3,(H,23,24)/t12-/m0/s1. The van der Waals surface area contributed by atoms with Gasteiger partial charge in [0.25, 0.3) is 5.76 Å². The zero-order valence-electron chi connectivity index (χ0n) is 13.9. The smallest absolute Gasteiger partial charge is 0.288 e. The number of hydrogen-bond donors (Lipinski definition) is 2. The van der Waals surface area contributed by atoms with Crippen LogP contribution in [0.5, 0.6) is 0 Å². The van der Waals surface area contributed by atoms with Gasteiger partial charge in [0.2, 0.25) is 5.91 Å². The van der Waals surface area contributed by atoms with Crippen LogP contribution in [-0.2, 0) is 17.6 Å². The molecular weight excluding hydrogens is 342 g/mol. The first-order valence-electron chi connectivity index (χ1n) is 8.25. The fourth-order valence-electron chi connectivity index (χ4n) is 2.95. The number of benzene rings is 2. The number of rotatable bonds is 6. The summed E-state index contributed by atoms with van der Waals surface area (Å²) in [7, 11) is 0. The first-order chi connectivity index (χ1) is 12.0. The van der Waals surface area contributed by atoms with Crippen molar-refractivity contribution in [3.05, 3.63) is 53.6 Å². The van der Waals surface area contributed by atoms with Crippen molar-refractivity contribution in [2.75, 3.05) is 10.6 Å². The van der Waals surface area contributed by atoms with E-state index in [9.17, 15) is 13.6 Å². The molecule has 0 spiro atoms. The van der Waals surface area contributed by atoms with Crippen LogP contribution in [0.2, 0.25) is 0 Å². The van der Waals surface area contributed by atoms with E-state index >= 15 is 0 Å². The Hall–Kier alpha value is -2.08. The number of alkyl halides is 2. The number of anilines is 2. The maximum Gasteiger partial charge on any atom is 0.288 e. The highest BCUT2D eigenvalue weighted by molar-refractivity contribution is 7.99. The summed E-state index contributed by atoms with van der Waals surface area (Å²) in [6.07, 6.45) is 3.41. The molecule has 2 N–H and O–H groups in total. The van der Waals surface area contributed by atoms with E-state index in [2.05, 4.69) is 22.8 Å². The largest absolute Gasteiger partial charge is 0.374 e. The molecule has 1 amide bonds. The van der Waals surface area contributed by atoms with E-state index < -0.39 is 11.8 Å². The van der Waals surface area contributed by atoms with Crippen molar-refractivity contribution >= 4 is 29.0 Å². The molecule has 0 aromatic heterocycles. The van der Waals surface area contributed by atoms with Gasteiger partial charge in [-0.25, -0.2) is 0 Å². The lowest BCUT2D eigenvalue weighted by atomic mass is 10.1. The van der Waals surface area contributed by atoms with Crippen molar-refractivity contribution in [1.29, 1.82) is 0 Å². The maximum atomic E-state index is 12.3. The Kier molecular flexibility index (Phi) is 5.58. The molecule has 0 saturated carbocycles. The highest BCUT2D eigenvalue weighted by atomic mass is 32.2. The average Bonchev–Trinajstić information content (AvgIpc) is 3.03. The molecule has 25 heavy (non-hydrogen) atoms. The number of amides is 1. The van der Waals surface area contributed by atoms with Gasteiger partial charge in [-0.1, -0.05) is 17.8 Å². The molecule has 0 saturated heterocycles. The van der Waals surface area contributed by atoms with Gasteiger partial charge in [0, 0.05) is 16.3 Å². The molecule has 2 aromatic carbocycles. The molecule has 0 aliphatic heterocycles. The van der Waals surface area contributed by atoms with Crippen molar-refractivity contribution in [1.82, 2.24) is 0 Å². The Labute approximate surface area is 150 Å². The number of halogens is 2. The third-order valence-corrected chi connectivity index (χ3v) is 4.94. The quantitative estimate of drug-likeness (QED) is 0.716. The Balaban J connectivity index is 1.57. The Morgan fingerprint density at radius 2 is 1.72 bits per heavy atom. The van der Waals surface area contributed by atoms with Crippen molar-refractivity contribution in [2.24, 2.45) is 0 Å². The van der Waals surface area contributed by atoms with E-state index in [-0.39, 0.29) is 5.91 Å². The molecule has 0 fully saturated rings. The molecule has 3 rings (SSSR count).